The van der Waals surface area contributed by atoms with E-state index in [0.29, 0.717) is 6.54 Å². The molecule has 0 N–H and O–H groups in total. The van der Waals surface area contributed by atoms with Gasteiger partial charge < -0.3 is 4.74 Å². The molecule has 1 aromatic carbocycles. The molecule has 1 atom stereocenters. The summed E-state index contributed by atoms with van der Waals surface area (Å²) in [5.74, 6) is -0.161. The van der Waals surface area contributed by atoms with E-state index < -0.39 is 6.36 Å². The van der Waals surface area contributed by atoms with Gasteiger partial charge in [0.2, 0.25) is 0 Å². The van der Waals surface area contributed by atoms with Gasteiger partial charge in [-0.05, 0) is 37.1 Å². The molecule has 0 bridgehead atoms. The van der Waals surface area contributed by atoms with Crippen molar-refractivity contribution in [1.29, 1.82) is 5.26 Å². The van der Waals surface area contributed by atoms with Crippen molar-refractivity contribution in [1.82, 2.24) is 4.90 Å². The molecule has 0 spiro atoms. The highest BCUT2D eigenvalue weighted by atomic mass is 19.4. The molecular formula is C14H15F3N2O. The van der Waals surface area contributed by atoms with Crippen LogP contribution in [-0.2, 0) is 6.54 Å². The van der Waals surface area contributed by atoms with Gasteiger partial charge in [-0.1, -0.05) is 12.1 Å². The third-order valence-corrected chi connectivity index (χ3v) is 3.25. The number of ether oxygens (including phenoxy) is 1. The van der Waals surface area contributed by atoms with Crippen LogP contribution in [0.25, 0.3) is 0 Å². The molecule has 1 aromatic rings. The second kappa shape index (κ2) is 6.14. The van der Waals surface area contributed by atoms with Crippen molar-refractivity contribution in [2.24, 2.45) is 5.92 Å². The summed E-state index contributed by atoms with van der Waals surface area (Å²) in [7, 11) is 0. The summed E-state index contributed by atoms with van der Waals surface area (Å²) >= 11 is 0. The van der Waals surface area contributed by atoms with Crippen molar-refractivity contribution in [2.75, 3.05) is 13.1 Å². The standard InChI is InChI=1S/C14H15F3N2O/c15-14(16,17)20-13-5-3-11(4-6-13)9-19-7-1-2-12(8-18)10-19/h3-6,12H,1-2,7,9-10H2/t12-/m0/s1. The quantitative estimate of drug-likeness (QED) is 0.854. The largest absolute Gasteiger partial charge is 0.573 e. The number of hydrogen-bond donors (Lipinski definition) is 0. The number of piperidine rings is 1. The average Bonchev–Trinajstić information content (AvgIpc) is 2.40. The second-order valence-corrected chi connectivity index (χ2v) is 4.90. The van der Waals surface area contributed by atoms with Crippen molar-refractivity contribution in [3.8, 4) is 11.8 Å². The summed E-state index contributed by atoms with van der Waals surface area (Å²) < 4.78 is 39.9. The minimum Gasteiger partial charge on any atom is -0.406 e. The fourth-order valence-electron chi connectivity index (χ4n) is 2.36. The number of alkyl halides is 3. The Bertz CT molecular complexity index is 479. The Morgan fingerprint density at radius 2 is 2.00 bits per heavy atom. The maximum atomic E-state index is 12.0. The highest BCUT2D eigenvalue weighted by Gasteiger charge is 2.31. The van der Waals surface area contributed by atoms with E-state index in [4.69, 9.17) is 5.26 Å². The van der Waals surface area contributed by atoms with E-state index in [-0.39, 0.29) is 11.7 Å². The molecule has 0 saturated carbocycles. The lowest BCUT2D eigenvalue weighted by atomic mass is 9.99. The fraction of sp³-hybridized carbons (Fsp3) is 0.500. The number of nitrogens with zero attached hydrogens (tertiary/aromatic N) is 2. The molecule has 3 nitrogen and oxygen atoms in total. The molecule has 2 rings (SSSR count). The van der Waals surface area contributed by atoms with Gasteiger partial charge in [-0.25, -0.2) is 0 Å². The predicted molar refractivity (Wildman–Crippen MR) is 66.7 cm³/mol. The van der Waals surface area contributed by atoms with Crippen molar-refractivity contribution in [2.45, 2.75) is 25.7 Å². The van der Waals surface area contributed by atoms with Gasteiger partial charge in [0.15, 0.2) is 0 Å². The van der Waals surface area contributed by atoms with Crippen LogP contribution < -0.4 is 4.74 Å². The zero-order chi connectivity index (χ0) is 14.6. The fourth-order valence-corrected chi connectivity index (χ4v) is 2.36. The molecule has 0 aromatic heterocycles. The molecule has 1 aliphatic heterocycles. The Labute approximate surface area is 115 Å². The Balaban J connectivity index is 1.92. The number of hydrogen-bond acceptors (Lipinski definition) is 3. The Hall–Kier alpha value is -1.74. The number of halogens is 3. The minimum absolute atomic E-state index is 0.0524. The van der Waals surface area contributed by atoms with Crippen molar-refractivity contribution >= 4 is 0 Å². The number of likely N-dealkylation sites (tertiary alicyclic amines) is 1. The highest BCUT2D eigenvalue weighted by Crippen LogP contribution is 2.24. The summed E-state index contributed by atoms with van der Waals surface area (Å²) in [6, 6.07) is 8.14. The molecule has 1 aliphatic rings. The second-order valence-electron chi connectivity index (χ2n) is 4.90. The van der Waals surface area contributed by atoms with E-state index in [1.165, 1.54) is 12.1 Å². The van der Waals surface area contributed by atoms with Crippen LogP contribution in [-0.4, -0.2) is 24.4 Å². The van der Waals surface area contributed by atoms with Gasteiger partial charge in [0, 0.05) is 13.1 Å². The lowest BCUT2D eigenvalue weighted by Crippen LogP contribution is -2.34. The number of rotatable bonds is 3. The molecule has 1 heterocycles. The van der Waals surface area contributed by atoms with Crippen LogP contribution in [0.15, 0.2) is 24.3 Å². The van der Waals surface area contributed by atoms with Gasteiger partial charge in [0.05, 0.1) is 12.0 Å². The lowest BCUT2D eigenvalue weighted by molar-refractivity contribution is -0.274. The summed E-state index contributed by atoms with van der Waals surface area (Å²) in [5, 5.41) is 8.92. The van der Waals surface area contributed by atoms with Crippen LogP contribution in [0, 0.1) is 17.2 Å². The average molecular weight is 284 g/mol. The van der Waals surface area contributed by atoms with E-state index >= 15 is 0 Å². The van der Waals surface area contributed by atoms with Crippen LogP contribution in [0.4, 0.5) is 13.2 Å². The summed E-state index contributed by atoms with van der Waals surface area (Å²) in [5.41, 5.74) is 0.915. The Morgan fingerprint density at radius 3 is 2.60 bits per heavy atom. The molecule has 1 fully saturated rings. The van der Waals surface area contributed by atoms with E-state index in [9.17, 15) is 13.2 Å². The van der Waals surface area contributed by atoms with E-state index in [0.717, 1.165) is 31.5 Å². The lowest BCUT2D eigenvalue weighted by Gasteiger charge is -2.29. The molecular weight excluding hydrogens is 269 g/mol. The molecule has 108 valence electrons. The van der Waals surface area contributed by atoms with Crippen LogP contribution in [0.5, 0.6) is 5.75 Å². The first kappa shape index (κ1) is 14.7. The Morgan fingerprint density at radius 1 is 1.30 bits per heavy atom. The molecule has 6 heteroatoms. The van der Waals surface area contributed by atoms with Crippen molar-refractivity contribution in [3.63, 3.8) is 0 Å². The van der Waals surface area contributed by atoms with Gasteiger partial charge >= 0.3 is 6.36 Å². The van der Waals surface area contributed by atoms with Crippen molar-refractivity contribution in [3.05, 3.63) is 29.8 Å². The topological polar surface area (TPSA) is 36.3 Å². The van der Waals surface area contributed by atoms with Gasteiger partial charge in [0.25, 0.3) is 0 Å². The minimum atomic E-state index is -4.66. The highest BCUT2D eigenvalue weighted by molar-refractivity contribution is 5.27. The monoisotopic (exact) mass is 284 g/mol. The molecule has 0 amide bonds. The molecule has 0 unspecified atom stereocenters. The summed E-state index contributed by atoms with van der Waals surface area (Å²) in [6.45, 7) is 2.28. The maximum absolute atomic E-state index is 12.0. The van der Waals surface area contributed by atoms with Gasteiger partial charge in [-0.3, -0.25) is 4.90 Å². The normalized spacial score (nSPS) is 20.4. The van der Waals surface area contributed by atoms with E-state index in [1.54, 1.807) is 12.1 Å². The SMILES string of the molecule is N#C[C@@H]1CCCN(Cc2ccc(OC(F)(F)F)cc2)C1. The zero-order valence-corrected chi connectivity index (χ0v) is 10.9. The number of nitriles is 1. The number of benzene rings is 1. The van der Waals surface area contributed by atoms with Crippen LogP contribution >= 0.6 is 0 Å². The van der Waals surface area contributed by atoms with Gasteiger partial charge in [-0.15, -0.1) is 13.2 Å². The molecule has 1 saturated heterocycles. The summed E-state index contributed by atoms with van der Waals surface area (Å²) in [4.78, 5) is 2.15. The van der Waals surface area contributed by atoms with Gasteiger partial charge in [0.1, 0.15) is 5.75 Å². The first-order chi connectivity index (χ1) is 9.46. The molecule has 20 heavy (non-hydrogen) atoms. The third kappa shape index (κ3) is 4.42. The van der Waals surface area contributed by atoms with Crippen LogP contribution in [0.2, 0.25) is 0 Å². The Kier molecular flexibility index (Phi) is 4.50. The van der Waals surface area contributed by atoms with Crippen molar-refractivity contribution < 1.29 is 17.9 Å². The summed E-state index contributed by atoms with van der Waals surface area (Å²) in [6.07, 6.45) is -2.76. The maximum Gasteiger partial charge on any atom is 0.573 e. The zero-order valence-electron chi connectivity index (χ0n) is 10.9. The molecule has 0 aliphatic carbocycles. The van der Waals surface area contributed by atoms with E-state index in [2.05, 4.69) is 15.7 Å². The smallest absolute Gasteiger partial charge is 0.406 e. The van der Waals surface area contributed by atoms with Crippen LogP contribution in [0.3, 0.4) is 0 Å². The van der Waals surface area contributed by atoms with Gasteiger partial charge in [-0.2, -0.15) is 5.26 Å². The van der Waals surface area contributed by atoms with Crippen LogP contribution in [0.1, 0.15) is 18.4 Å². The predicted octanol–water partition coefficient (Wildman–Crippen LogP) is 3.32. The first-order valence-corrected chi connectivity index (χ1v) is 6.43. The van der Waals surface area contributed by atoms with E-state index in [1.807, 2.05) is 0 Å². The first-order valence-electron chi connectivity index (χ1n) is 6.43. The molecule has 0 radical (unpaired) electrons. The third-order valence-electron chi connectivity index (χ3n) is 3.25.